The van der Waals surface area contributed by atoms with E-state index in [9.17, 15) is 4.79 Å². The first-order valence-corrected chi connectivity index (χ1v) is 8.89. The highest BCUT2D eigenvalue weighted by Crippen LogP contribution is 2.29. The molecule has 0 aliphatic heterocycles. The van der Waals surface area contributed by atoms with Gasteiger partial charge in [-0.15, -0.1) is 10.2 Å². The predicted molar refractivity (Wildman–Crippen MR) is 103 cm³/mol. The lowest BCUT2D eigenvalue weighted by Crippen LogP contribution is -2.04. The van der Waals surface area contributed by atoms with Crippen LogP contribution in [0.15, 0.2) is 69.5 Å². The van der Waals surface area contributed by atoms with Crippen LogP contribution >= 0.6 is 11.6 Å². The Morgan fingerprint density at radius 3 is 2.71 bits per heavy atom. The highest BCUT2D eigenvalue weighted by Gasteiger charge is 2.17. The van der Waals surface area contributed by atoms with Crippen molar-refractivity contribution in [3.8, 4) is 22.8 Å². The van der Waals surface area contributed by atoms with Crippen molar-refractivity contribution in [2.75, 3.05) is 0 Å². The highest BCUT2D eigenvalue weighted by atomic mass is 35.5. The minimum absolute atomic E-state index is 0.0633. The Kier molecular flexibility index (Phi) is 4.95. The van der Waals surface area contributed by atoms with Gasteiger partial charge in [0.15, 0.2) is 6.61 Å². The maximum atomic E-state index is 12.2. The second-order valence-electron chi connectivity index (χ2n) is 6.09. The Hall–Kier alpha value is -3.38. The van der Waals surface area contributed by atoms with E-state index in [1.807, 2.05) is 49.4 Å². The minimum Gasteiger partial charge on any atom is -0.450 e. The summed E-state index contributed by atoms with van der Waals surface area (Å²) in [5, 5.41) is 8.43. The zero-order chi connectivity index (χ0) is 19.5. The molecule has 28 heavy (non-hydrogen) atoms. The van der Waals surface area contributed by atoms with E-state index < -0.39 is 5.97 Å². The van der Waals surface area contributed by atoms with Gasteiger partial charge < -0.3 is 13.6 Å². The van der Waals surface area contributed by atoms with Gasteiger partial charge in [-0.05, 0) is 43.3 Å². The average molecular weight is 395 g/mol. The third-order valence-corrected chi connectivity index (χ3v) is 4.33. The molecule has 0 radical (unpaired) electrons. The number of furan rings is 1. The number of aryl methyl sites for hydroxylation is 1. The predicted octanol–water partition coefficient (Wildman–Crippen LogP) is 5.32. The van der Waals surface area contributed by atoms with Crippen LogP contribution in [0.2, 0.25) is 5.02 Å². The van der Waals surface area contributed by atoms with Crippen molar-refractivity contribution in [3.05, 3.63) is 82.9 Å². The van der Waals surface area contributed by atoms with Crippen LogP contribution < -0.4 is 0 Å². The number of halogens is 1. The lowest BCUT2D eigenvalue weighted by molar-refractivity contribution is 0.0403. The standard InChI is InChI=1S/C21H15ClN2O4/c1-13-5-4-6-14(11-13)20-24-23-19(28-20)12-26-21(25)18-10-9-17(27-18)15-7-2-3-8-16(15)22/h2-11H,12H2,1H3. The second-order valence-corrected chi connectivity index (χ2v) is 6.50. The molecule has 2 heterocycles. The van der Waals surface area contributed by atoms with Crippen LogP contribution in [-0.2, 0) is 11.3 Å². The number of carbonyl (C=O) groups excluding carboxylic acids is 1. The summed E-state index contributed by atoms with van der Waals surface area (Å²) in [4.78, 5) is 12.2. The van der Waals surface area contributed by atoms with Crippen LogP contribution in [0.4, 0.5) is 0 Å². The van der Waals surface area contributed by atoms with Crippen LogP contribution in [0.1, 0.15) is 22.0 Å². The van der Waals surface area contributed by atoms with E-state index in [-0.39, 0.29) is 18.3 Å². The van der Waals surface area contributed by atoms with E-state index in [1.54, 1.807) is 12.1 Å². The summed E-state index contributed by atoms with van der Waals surface area (Å²) in [6.45, 7) is 1.82. The number of nitrogens with zero attached hydrogens (tertiary/aromatic N) is 2. The molecule has 0 fully saturated rings. The van der Waals surface area contributed by atoms with Crippen LogP contribution in [0.3, 0.4) is 0 Å². The van der Waals surface area contributed by atoms with Crippen molar-refractivity contribution in [1.29, 1.82) is 0 Å². The van der Waals surface area contributed by atoms with Gasteiger partial charge in [0.2, 0.25) is 11.7 Å². The molecule has 2 aromatic carbocycles. The molecular weight excluding hydrogens is 380 g/mol. The van der Waals surface area contributed by atoms with Crippen LogP contribution in [-0.4, -0.2) is 16.2 Å². The average Bonchev–Trinajstić information content (AvgIpc) is 3.36. The first-order valence-electron chi connectivity index (χ1n) is 8.51. The van der Waals surface area contributed by atoms with Crippen LogP contribution in [0.25, 0.3) is 22.8 Å². The molecule has 4 aromatic rings. The first-order chi connectivity index (χ1) is 13.6. The molecule has 0 aliphatic carbocycles. The quantitative estimate of drug-likeness (QED) is 0.426. The fourth-order valence-corrected chi connectivity index (χ4v) is 2.89. The summed E-state index contributed by atoms with van der Waals surface area (Å²) < 4.78 is 16.3. The van der Waals surface area contributed by atoms with E-state index in [4.69, 9.17) is 25.2 Å². The zero-order valence-corrected chi connectivity index (χ0v) is 15.6. The zero-order valence-electron chi connectivity index (χ0n) is 14.9. The normalized spacial score (nSPS) is 10.8. The Bertz CT molecular complexity index is 1130. The van der Waals surface area contributed by atoms with Crippen LogP contribution in [0, 0.1) is 6.92 Å². The van der Waals surface area contributed by atoms with Crippen molar-refractivity contribution in [3.63, 3.8) is 0 Å². The Morgan fingerprint density at radius 1 is 1.04 bits per heavy atom. The van der Waals surface area contributed by atoms with E-state index >= 15 is 0 Å². The molecule has 0 atom stereocenters. The van der Waals surface area contributed by atoms with Gasteiger partial charge in [0, 0.05) is 11.1 Å². The monoisotopic (exact) mass is 394 g/mol. The molecule has 0 saturated carbocycles. The van der Waals surface area contributed by atoms with E-state index in [0.29, 0.717) is 22.2 Å². The van der Waals surface area contributed by atoms with Crippen molar-refractivity contribution < 1.29 is 18.4 Å². The third-order valence-electron chi connectivity index (χ3n) is 4.01. The first kappa shape index (κ1) is 18.0. The molecule has 0 spiro atoms. The Balaban J connectivity index is 1.42. The summed E-state index contributed by atoms with van der Waals surface area (Å²) in [7, 11) is 0. The number of hydrogen-bond acceptors (Lipinski definition) is 6. The molecule has 0 saturated heterocycles. The Labute approximate surface area is 165 Å². The number of benzene rings is 2. The maximum Gasteiger partial charge on any atom is 0.374 e. The molecule has 4 rings (SSSR count). The number of ether oxygens (including phenoxy) is 1. The van der Waals surface area contributed by atoms with Gasteiger partial charge in [0.05, 0.1) is 5.02 Å². The van der Waals surface area contributed by atoms with E-state index in [1.165, 1.54) is 6.07 Å². The molecule has 7 heteroatoms. The molecule has 0 N–H and O–H groups in total. The summed E-state index contributed by atoms with van der Waals surface area (Å²) >= 11 is 6.15. The van der Waals surface area contributed by atoms with Crippen molar-refractivity contribution in [2.45, 2.75) is 13.5 Å². The SMILES string of the molecule is Cc1cccc(-c2nnc(COC(=O)c3ccc(-c4ccccc4Cl)o3)o2)c1. The van der Waals surface area contributed by atoms with Gasteiger partial charge in [-0.1, -0.05) is 41.4 Å². The fraction of sp³-hybridized carbons (Fsp3) is 0.0952. The summed E-state index contributed by atoms with van der Waals surface area (Å²) in [5.41, 5.74) is 2.58. The number of rotatable bonds is 5. The van der Waals surface area contributed by atoms with Gasteiger partial charge in [-0.3, -0.25) is 0 Å². The lowest BCUT2D eigenvalue weighted by Gasteiger charge is -2.01. The maximum absolute atomic E-state index is 12.2. The summed E-state index contributed by atoms with van der Waals surface area (Å²) in [5.74, 6) is 0.482. The van der Waals surface area contributed by atoms with Gasteiger partial charge in [0.1, 0.15) is 5.76 Å². The molecule has 0 amide bonds. The number of carbonyl (C=O) groups is 1. The number of hydrogen-bond donors (Lipinski definition) is 0. The summed E-state index contributed by atoms with van der Waals surface area (Å²) in [6, 6.07) is 18.1. The van der Waals surface area contributed by atoms with Crippen molar-refractivity contribution in [1.82, 2.24) is 10.2 Å². The summed E-state index contributed by atoms with van der Waals surface area (Å²) in [6.07, 6.45) is 0. The van der Waals surface area contributed by atoms with Gasteiger partial charge in [-0.25, -0.2) is 4.79 Å². The van der Waals surface area contributed by atoms with E-state index in [2.05, 4.69) is 10.2 Å². The fourth-order valence-electron chi connectivity index (χ4n) is 2.66. The van der Waals surface area contributed by atoms with Gasteiger partial charge in [0.25, 0.3) is 5.89 Å². The Morgan fingerprint density at radius 2 is 1.89 bits per heavy atom. The number of esters is 1. The molecule has 140 valence electrons. The molecule has 0 unspecified atom stereocenters. The van der Waals surface area contributed by atoms with Crippen molar-refractivity contribution >= 4 is 17.6 Å². The third kappa shape index (κ3) is 3.82. The minimum atomic E-state index is -0.631. The second kappa shape index (κ2) is 7.70. The molecule has 2 aromatic heterocycles. The van der Waals surface area contributed by atoms with Gasteiger partial charge in [-0.2, -0.15) is 0 Å². The lowest BCUT2D eigenvalue weighted by atomic mass is 10.1. The largest absolute Gasteiger partial charge is 0.450 e. The highest BCUT2D eigenvalue weighted by molar-refractivity contribution is 6.33. The topological polar surface area (TPSA) is 78.4 Å². The molecular formula is C21H15ClN2O4. The molecule has 0 bridgehead atoms. The number of aromatic nitrogens is 2. The molecule has 6 nitrogen and oxygen atoms in total. The van der Waals surface area contributed by atoms with Crippen molar-refractivity contribution in [2.24, 2.45) is 0 Å². The van der Waals surface area contributed by atoms with Gasteiger partial charge >= 0.3 is 5.97 Å². The van der Waals surface area contributed by atoms with Crippen LogP contribution in [0.5, 0.6) is 0 Å². The smallest absolute Gasteiger partial charge is 0.374 e. The molecule has 0 aliphatic rings. The van der Waals surface area contributed by atoms with E-state index in [0.717, 1.165) is 11.1 Å².